The quantitative estimate of drug-likeness (QED) is 0.288. The fraction of sp³-hybridized carbons (Fsp3) is 0.419. The summed E-state index contributed by atoms with van der Waals surface area (Å²) in [4.78, 5) is 8.98. The number of ether oxygens (including phenoxy) is 1. The molecule has 6 rings (SSSR count). The highest BCUT2D eigenvalue weighted by atomic mass is 19.1. The molecule has 0 radical (unpaired) electrons. The van der Waals surface area contributed by atoms with E-state index in [1.54, 1.807) is 29.0 Å². The molecule has 1 aromatic carbocycles. The second-order valence-corrected chi connectivity index (χ2v) is 11.2. The Morgan fingerprint density at radius 1 is 1.10 bits per heavy atom. The van der Waals surface area contributed by atoms with E-state index < -0.39 is 11.6 Å². The van der Waals surface area contributed by atoms with Crippen molar-refractivity contribution in [2.75, 3.05) is 6.61 Å². The molecule has 0 amide bonds. The molecule has 0 unspecified atom stereocenters. The summed E-state index contributed by atoms with van der Waals surface area (Å²) >= 11 is 0. The number of nitriles is 1. The summed E-state index contributed by atoms with van der Waals surface area (Å²) in [7, 11) is 0. The summed E-state index contributed by atoms with van der Waals surface area (Å²) in [5, 5.41) is 13.5. The van der Waals surface area contributed by atoms with Gasteiger partial charge in [0.15, 0.2) is 0 Å². The maximum Gasteiger partial charge on any atom is 0.135 e. The smallest absolute Gasteiger partial charge is 0.135 e. The van der Waals surface area contributed by atoms with Gasteiger partial charge in [0.1, 0.15) is 17.5 Å². The van der Waals surface area contributed by atoms with Crippen molar-refractivity contribution in [2.45, 2.75) is 69.4 Å². The summed E-state index contributed by atoms with van der Waals surface area (Å²) in [6.07, 6.45) is 9.71. The van der Waals surface area contributed by atoms with E-state index in [0.29, 0.717) is 30.8 Å². The SMILES string of the molecule is C[C@H]1C[C@@H](c2ccncc2Cc2ncc3ccc(-c4c(F)cc(C5CC5)cc4F)nn23)C[C@@H](N)[C@H]1OCCC#N. The van der Waals surface area contributed by atoms with E-state index in [9.17, 15) is 0 Å². The van der Waals surface area contributed by atoms with Gasteiger partial charge in [0.2, 0.25) is 0 Å². The number of rotatable bonds is 8. The van der Waals surface area contributed by atoms with Crippen LogP contribution in [0.15, 0.2) is 48.9 Å². The minimum Gasteiger partial charge on any atom is -0.375 e. The average Bonchev–Trinajstić information content (AvgIpc) is 3.72. The molecule has 0 spiro atoms. The first-order chi connectivity index (χ1) is 19.4. The third-order valence-corrected chi connectivity index (χ3v) is 8.27. The van der Waals surface area contributed by atoms with Crippen LogP contribution in [0.4, 0.5) is 8.78 Å². The predicted octanol–water partition coefficient (Wildman–Crippen LogP) is 5.68. The number of imidazole rings is 1. The van der Waals surface area contributed by atoms with Crippen LogP contribution >= 0.6 is 0 Å². The van der Waals surface area contributed by atoms with Gasteiger partial charge in [0.25, 0.3) is 0 Å². The number of fused-ring (bicyclic) bond motifs is 1. The average molecular weight is 543 g/mol. The number of benzene rings is 1. The van der Waals surface area contributed by atoms with E-state index in [1.807, 2.05) is 12.3 Å². The Morgan fingerprint density at radius 2 is 1.90 bits per heavy atom. The molecule has 0 bridgehead atoms. The number of hydrogen-bond donors (Lipinski definition) is 1. The maximum absolute atomic E-state index is 15.0. The Morgan fingerprint density at radius 3 is 2.62 bits per heavy atom. The summed E-state index contributed by atoms with van der Waals surface area (Å²) < 4.78 is 37.7. The van der Waals surface area contributed by atoms with Gasteiger partial charge in [-0.15, -0.1) is 0 Å². The second kappa shape index (κ2) is 11.0. The lowest BCUT2D eigenvalue weighted by Crippen LogP contribution is -2.46. The molecule has 3 aromatic heterocycles. The van der Waals surface area contributed by atoms with Crippen molar-refractivity contribution in [3.63, 3.8) is 0 Å². The zero-order valence-corrected chi connectivity index (χ0v) is 22.4. The van der Waals surface area contributed by atoms with Gasteiger partial charge in [0.05, 0.1) is 48.2 Å². The van der Waals surface area contributed by atoms with E-state index in [0.717, 1.165) is 42.3 Å². The van der Waals surface area contributed by atoms with Crippen molar-refractivity contribution in [1.82, 2.24) is 19.6 Å². The van der Waals surface area contributed by atoms with Crippen molar-refractivity contribution in [3.8, 4) is 17.3 Å². The third-order valence-electron chi connectivity index (χ3n) is 8.27. The standard InChI is InChI=1S/C31H32F2N6O/c1-18-11-21(14-27(35)31(18)40-10-2-8-34)24-7-9-36-16-22(24)15-29-37-17-23-5-6-28(38-39(23)29)30-25(32)12-20(13-26(30)33)19-3-4-19/h5-7,9,12-13,16-19,21,27,31H,2-4,10-11,14-15,35H2,1H3/t18-,21+,27+,31-/m0/s1. The van der Waals surface area contributed by atoms with Gasteiger partial charge in [-0.3, -0.25) is 4.98 Å². The monoisotopic (exact) mass is 542 g/mol. The maximum atomic E-state index is 15.0. The molecule has 206 valence electrons. The molecule has 2 fully saturated rings. The van der Waals surface area contributed by atoms with Gasteiger partial charge in [-0.25, -0.2) is 18.3 Å². The molecule has 3 heterocycles. The first-order valence-electron chi connectivity index (χ1n) is 13.9. The Kier molecular flexibility index (Phi) is 7.30. The summed E-state index contributed by atoms with van der Waals surface area (Å²) in [5.74, 6) is 0.187. The molecule has 2 N–H and O–H groups in total. The van der Waals surface area contributed by atoms with Gasteiger partial charge < -0.3 is 10.5 Å². The van der Waals surface area contributed by atoms with Crippen molar-refractivity contribution in [3.05, 3.63) is 83.1 Å². The molecule has 4 aromatic rings. The lowest BCUT2D eigenvalue weighted by Gasteiger charge is -2.39. The van der Waals surface area contributed by atoms with Crippen LogP contribution in [0.25, 0.3) is 16.8 Å². The van der Waals surface area contributed by atoms with E-state index in [1.165, 1.54) is 12.1 Å². The topological polar surface area (TPSA) is 102 Å². The van der Waals surface area contributed by atoms with Crippen LogP contribution in [0.5, 0.6) is 0 Å². The highest BCUT2D eigenvalue weighted by Crippen LogP contribution is 2.42. The number of pyridine rings is 1. The van der Waals surface area contributed by atoms with Crippen molar-refractivity contribution in [2.24, 2.45) is 11.7 Å². The summed E-state index contributed by atoms with van der Waals surface area (Å²) in [6.45, 7) is 2.54. The highest BCUT2D eigenvalue weighted by Gasteiger charge is 2.35. The van der Waals surface area contributed by atoms with Crippen LogP contribution < -0.4 is 5.73 Å². The first-order valence-corrected chi connectivity index (χ1v) is 13.9. The summed E-state index contributed by atoms with van der Waals surface area (Å²) in [5.41, 5.74) is 10.3. The predicted molar refractivity (Wildman–Crippen MR) is 146 cm³/mol. The molecule has 2 aliphatic rings. The zero-order chi connectivity index (χ0) is 27.8. The van der Waals surface area contributed by atoms with Gasteiger partial charge >= 0.3 is 0 Å². The first kappa shape index (κ1) is 26.5. The van der Waals surface area contributed by atoms with Crippen molar-refractivity contribution < 1.29 is 13.5 Å². The van der Waals surface area contributed by atoms with Crippen LogP contribution in [0, 0.1) is 28.9 Å². The number of aromatic nitrogens is 4. The van der Waals surface area contributed by atoms with Crippen LogP contribution in [0.3, 0.4) is 0 Å². The van der Waals surface area contributed by atoms with Gasteiger partial charge in [-0.2, -0.15) is 10.4 Å². The van der Waals surface area contributed by atoms with Gasteiger partial charge in [-0.1, -0.05) is 6.92 Å². The Balaban J connectivity index is 1.27. The number of nitrogens with two attached hydrogens (primary N) is 1. The Labute approximate surface area is 232 Å². The van der Waals surface area contributed by atoms with E-state index in [2.05, 4.69) is 28.1 Å². The summed E-state index contributed by atoms with van der Waals surface area (Å²) in [6, 6.07) is 10.3. The fourth-order valence-corrected chi connectivity index (χ4v) is 6.18. The Bertz CT molecular complexity index is 1540. The van der Waals surface area contributed by atoms with Crippen LogP contribution in [0.1, 0.15) is 73.4 Å². The zero-order valence-electron chi connectivity index (χ0n) is 22.4. The van der Waals surface area contributed by atoms with Crippen LogP contribution in [0.2, 0.25) is 0 Å². The molecule has 40 heavy (non-hydrogen) atoms. The number of hydrogen-bond acceptors (Lipinski definition) is 6. The molecule has 7 nitrogen and oxygen atoms in total. The van der Waals surface area contributed by atoms with E-state index >= 15 is 8.78 Å². The molecule has 2 aliphatic carbocycles. The van der Waals surface area contributed by atoms with Gasteiger partial charge in [-0.05, 0) is 90.5 Å². The van der Waals surface area contributed by atoms with E-state index in [4.69, 9.17) is 15.7 Å². The number of nitrogens with zero attached hydrogens (tertiary/aromatic N) is 5. The van der Waals surface area contributed by atoms with Crippen LogP contribution in [-0.4, -0.2) is 38.3 Å². The largest absolute Gasteiger partial charge is 0.375 e. The second-order valence-electron chi connectivity index (χ2n) is 11.2. The highest BCUT2D eigenvalue weighted by molar-refractivity contribution is 5.63. The van der Waals surface area contributed by atoms with Crippen molar-refractivity contribution in [1.29, 1.82) is 5.26 Å². The Hall–Kier alpha value is -3.74. The van der Waals surface area contributed by atoms with Crippen LogP contribution in [-0.2, 0) is 11.2 Å². The van der Waals surface area contributed by atoms with Gasteiger partial charge in [0, 0.05) is 24.9 Å². The number of halogens is 2. The van der Waals surface area contributed by atoms with Crippen molar-refractivity contribution >= 4 is 5.52 Å². The molecular weight excluding hydrogens is 510 g/mol. The minimum absolute atomic E-state index is 0.0760. The molecule has 4 atom stereocenters. The minimum atomic E-state index is -0.595. The molecule has 0 aliphatic heterocycles. The van der Waals surface area contributed by atoms with E-state index in [-0.39, 0.29) is 41.2 Å². The normalized spacial score (nSPS) is 22.9. The molecule has 2 saturated carbocycles. The third kappa shape index (κ3) is 5.21. The fourth-order valence-electron chi connectivity index (χ4n) is 6.18. The molecule has 0 saturated heterocycles. The lowest BCUT2D eigenvalue weighted by molar-refractivity contribution is -0.0199. The molecule has 9 heteroatoms. The molecular formula is C31H32F2N6O. The lowest BCUT2D eigenvalue weighted by atomic mass is 9.73.